The fourth-order valence-corrected chi connectivity index (χ4v) is 3.76. The SMILES string of the molecule is COc1ccc(S(=O)(=O)NCCN[C@@H]2CCC[C@@H]2C)cc1. The van der Waals surface area contributed by atoms with Crippen LogP contribution in [0.5, 0.6) is 5.75 Å². The van der Waals surface area contributed by atoms with Gasteiger partial charge in [0.05, 0.1) is 12.0 Å². The Morgan fingerprint density at radius 2 is 1.90 bits per heavy atom. The van der Waals surface area contributed by atoms with Crippen LogP contribution in [0, 0.1) is 5.92 Å². The first-order valence-electron chi connectivity index (χ1n) is 7.40. The van der Waals surface area contributed by atoms with Crippen LogP contribution in [0.1, 0.15) is 26.2 Å². The predicted octanol–water partition coefficient (Wildman–Crippen LogP) is 1.75. The lowest BCUT2D eigenvalue weighted by atomic mass is 10.1. The molecule has 0 unspecified atom stereocenters. The number of rotatable bonds is 7. The molecule has 0 bridgehead atoms. The Kier molecular flexibility index (Phi) is 5.61. The van der Waals surface area contributed by atoms with E-state index in [4.69, 9.17) is 4.74 Å². The van der Waals surface area contributed by atoms with E-state index in [0.29, 0.717) is 30.8 Å². The van der Waals surface area contributed by atoms with E-state index in [9.17, 15) is 8.42 Å². The number of nitrogens with one attached hydrogen (secondary N) is 2. The van der Waals surface area contributed by atoms with Crippen molar-refractivity contribution in [2.45, 2.75) is 37.1 Å². The molecule has 0 radical (unpaired) electrons. The minimum atomic E-state index is -3.44. The summed E-state index contributed by atoms with van der Waals surface area (Å²) in [6.07, 6.45) is 3.71. The van der Waals surface area contributed by atoms with Gasteiger partial charge in [-0.25, -0.2) is 13.1 Å². The molecule has 1 saturated carbocycles. The van der Waals surface area contributed by atoms with Crippen molar-refractivity contribution < 1.29 is 13.2 Å². The molecule has 2 rings (SSSR count). The van der Waals surface area contributed by atoms with Crippen molar-refractivity contribution in [3.8, 4) is 5.75 Å². The molecule has 1 aromatic carbocycles. The molecule has 2 atom stereocenters. The summed E-state index contributed by atoms with van der Waals surface area (Å²) in [5.41, 5.74) is 0. The fourth-order valence-electron chi connectivity index (χ4n) is 2.73. The monoisotopic (exact) mass is 312 g/mol. The van der Waals surface area contributed by atoms with E-state index in [-0.39, 0.29) is 4.90 Å². The van der Waals surface area contributed by atoms with Gasteiger partial charge in [-0.05, 0) is 43.0 Å². The van der Waals surface area contributed by atoms with Crippen LogP contribution in [0.25, 0.3) is 0 Å². The van der Waals surface area contributed by atoms with Gasteiger partial charge in [-0.3, -0.25) is 0 Å². The normalized spacial score (nSPS) is 22.4. The molecule has 0 amide bonds. The predicted molar refractivity (Wildman–Crippen MR) is 83.0 cm³/mol. The van der Waals surface area contributed by atoms with Crippen LogP contribution in [-0.4, -0.2) is 34.7 Å². The van der Waals surface area contributed by atoms with E-state index in [0.717, 1.165) is 0 Å². The summed E-state index contributed by atoms with van der Waals surface area (Å²) in [6, 6.07) is 6.91. The highest BCUT2D eigenvalue weighted by atomic mass is 32.2. The molecule has 6 heteroatoms. The van der Waals surface area contributed by atoms with Crippen LogP contribution in [0.3, 0.4) is 0 Å². The average molecular weight is 312 g/mol. The highest BCUT2D eigenvalue weighted by Crippen LogP contribution is 2.24. The molecular formula is C15H24N2O3S. The maximum atomic E-state index is 12.1. The Morgan fingerprint density at radius 1 is 1.19 bits per heavy atom. The van der Waals surface area contributed by atoms with E-state index < -0.39 is 10.0 Å². The first-order chi connectivity index (χ1) is 10.0. The lowest BCUT2D eigenvalue weighted by Gasteiger charge is -2.17. The Labute approximate surface area is 127 Å². The first-order valence-corrected chi connectivity index (χ1v) is 8.88. The zero-order valence-electron chi connectivity index (χ0n) is 12.6. The van der Waals surface area contributed by atoms with Gasteiger partial charge in [0, 0.05) is 19.1 Å². The smallest absolute Gasteiger partial charge is 0.240 e. The summed E-state index contributed by atoms with van der Waals surface area (Å²) in [7, 11) is -1.89. The van der Waals surface area contributed by atoms with Crippen LogP contribution in [0.4, 0.5) is 0 Å². The zero-order valence-corrected chi connectivity index (χ0v) is 13.4. The summed E-state index contributed by atoms with van der Waals surface area (Å²) >= 11 is 0. The summed E-state index contributed by atoms with van der Waals surface area (Å²) in [6.45, 7) is 3.30. The van der Waals surface area contributed by atoms with Gasteiger partial charge in [0.25, 0.3) is 0 Å². The number of hydrogen-bond acceptors (Lipinski definition) is 4. The highest BCUT2D eigenvalue weighted by molar-refractivity contribution is 7.89. The second kappa shape index (κ2) is 7.24. The molecule has 21 heavy (non-hydrogen) atoms. The Hall–Kier alpha value is -1.11. The van der Waals surface area contributed by atoms with Crippen molar-refractivity contribution in [1.82, 2.24) is 10.0 Å². The zero-order chi connectivity index (χ0) is 15.3. The number of hydrogen-bond donors (Lipinski definition) is 2. The first kappa shape index (κ1) is 16.3. The van der Waals surface area contributed by atoms with Crippen molar-refractivity contribution in [1.29, 1.82) is 0 Å². The van der Waals surface area contributed by atoms with E-state index in [1.54, 1.807) is 31.4 Å². The highest BCUT2D eigenvalue weighted by Gasteiger charge is 2.22. The molecule has 1 aliphatic carbocycles. The number of ether oxygens (including phenoxy) is 1. The Bertz CT molecular complexity index is 543. The van der Waals surface area contributed by atoms with Gasteiger partial charge < -0.3 is 10.1 Å². The fraction of sp³-hybridized carbons (Fsp3) is 0.600. The molecule has 1 aromatic rings. The Balaban J connectivity index is 1.80. The van der Waals surface area contributed by atoms with Crippen LogP contribution >= 0.6 is 0 Å². The van der Waals surface area contributed by atoms with Crippen LogP contribution < -0.4 is 14.8 Å². The van der Waals surface area contributed by atoms with Crippen molar-refractivity contribution in [3.05, 3.63) is 24.3 Å². The standard InChI is InChI=1S/C15H24N2O3S/c1-12-4-3-5-15(12)16-10-11-17-21(18,19)14-8-6-13(20-2)7-9-14/h6-9,12,15-17H,3-5,10-11H2,1-2H3/t12-,15+/m0/s1. The summed E-state index contributed by atoms with van der Waals surface area (Å²) < 4.78 is 31.9. The molecule has 0 aliphatic heterocycles. The van der Waals surface area contributed by atoms with Gasteiger partial charge in [-0.1, -0.05) is 13.3 Å². The van der Waals surface area contributed by atoms with E-state index >= 15 is 0 Å². The molecule has 5 nitrogen and oxygen atoms in total. The van der Waals surface area contributed by atoms with Gasteiger partial charge in [0.1, 0.15) is 5.75 Å². The summed E-state index contributed by atoms with van der Waals surface area (Å²) in [4.78, 5) is 0.262. The van der Waals surface area contributed by atoms with Crippen molar-refractivity contribution in [3.63, 3.8) is 0 Å². The molecule has 0 aromatic heterocycles. The molecule has 1 aliphatic rings. The van der Waals surface area contributed by atoms with Crippen LogP contribution in [0.2, 0.25) is 0 Å². The number of sulfonamides is 1. The van der Waals surface area contributed by atoms with Crippen molar-refractivity contribution in [2.24, 2.45) is 5.92 Å². The van der Waals surface area contributed by atoms with Gasteiger partial charge in [0.15, 0.2) is 0 Å². The molecule has 0 heterocycles. The average Bonchev–Trinajstić information content (AvgIpc) is 2.89. The summed E-state index contributed by atoms with van der Waals surface area (Å²) in [5.74, 6) is 1.33. The van der Waals surface area contributed by atoms with Crippen LogP contribution in [0.15, 0.2) is 29.2 Å². The minimum Gasteiger partial charge on any atom is -0.497 e. The third-order valence-corrected chi connectivity index (χ3v) is 5.53. The Morgan fingerprint density at radius 3 is 2.48 bits per heavy atom. The molecule has 2 N–H and O–H groups in total. The van der Waals surface area contributed by atoms with Crippen LogP contribution in [-0.2, 0) is 10.0 Å². The topological polar surface area (TPSA) is 67.4 Å². The molecule has 0 saturated heterocycles. The third-order valence-electron chi connectivity index (χ3n) is 4.05. The second-order valence-corrected chi connectivity index (χ2v) is 7.31. The second-order valence-electron chi connectivity index (χ2n) is 5.54. The van der Waals surface area contributed by atoms with Crippen molar-refractivity contribution >= 4 is 10.0 Å². The van der Waals surface area contributed by atoms with E-state index in [1.807, 2.05) is 0 Å². The van der Waals surface area contributed by atoms with Gasteiger partial charge in [-0.15, -0.1) is 0 Å². The molecule has 118 valence electrons. The van der Waals surface area contributed by atoms with Gasteiger partial charge in [0.2, 0.25) is 10.0 Å². The van der Waals surface area contributed by atoms with E-state index in [1.165, 1.54) is 19.3 Å². The largest absolute Gasteiger partial charge is 0.497 e. The minimum absolute atomic E-state index is 0.262. The maximum Gasteiger partial charge on any atom is 0.240 e. The quantitative estimate of drug-likeness (QED) is 0.753. The van der Waals surface area contributed by atoms with E-state index in [2.05, 4.69) is 17.0 Å². The lowest BCUT2D eigenvalue weighted by molar-refractivity contribution is 0.414. The molecular weight excluding hydrogens is 288 g/mol. The third kappa shape index (κ3) is 4.43. The van der Waals surface area contributed by atoms with Crippen molar-refractivity contribution in [2.75, 3.05) is 20.2 Å². The number of benzene rings is 1. The molecule has 1 fully saturated rings. The maximum absolute atomic E-state index is 12.1. The lowest BCUT2D eigenvalue weighted by Crippen LogP contribution is -2.38. The van der Waals surface area contributed by atoms with Gasteiger partial charge in [-0.2, -0.15) is 0 Å². The molecule has 0 spiro atoms. The number of methoxy groups -OCH3 is 1. The van der Waals surface area contributed by atoms with Gasteiger partial charge >= 0.3 is 0 Å². The summed E-state index contributed by atoms with van der Waals surface area (Å²) in [5, 5.41) is 3.43.